The molecule has 0 aliphatic heterocycles. The SMILES string of the molecule is Cc1cccc(-c2ccc3ncc4c(c3c2)n(-c2cc(C#N)ccc2C)c(=N)n4C)c1. The molecule has 0 saturated carbocycles. The number of aromatic nitrogens is 3. The monoisotopic (exact) mass is 403 g/mol. The summed E-state index contributed by atoms with van der Waals surface area (Å²) in [4.78, 5) is 4.66. The molecule has 0 bridgehead atoms. The van der Waals surface area contributed by atoms with Gasteiger partial charge in [0, 0.05) is 12.4 Å². The Morgan fingerprint density at radius 1 is 0.968 bits per heavy atom. The number of hydrogen-bond acceptors (Lipinski definition) is 3. The second kappa shape index (κ2) is 6.96. The Morgan fingerprint density at radius 2 is 1.77 bits per heavy atom. The molecular formula is C26H21N5. The van der Waals surface area contributed by atoms with Crippen molar-refractivity contribution in [2.45, 2.75) is 13.8 Å². The van der Waals surface area contributed by atoms with Crippen molar-refractivity contribution in [2.75, 3.05) is 0 Å². The average molecular weight is 403 g/mol. The van der Waals surface area contributed by atoms with E-state index in [-0.39, 0.29) is 0 Å². The van der Waals surface area contributed by atoms with Gasteiger partial charge in [-0.15, -0.1) is 0 Å². The molecule has 0 spiro atoms. The molecule has 1 N–H and O–H groups in total. The molecule has 2 heterocycles. The molecular weight excluding hydrogens is 382 g/mol. The maximum Gasteiger partial charge on any atom is 0.207 e. The van der Waals surface area contributed by atoms with E-state index in [0.29, 0.717) is 11.2 Å². The fourth-order valence-electron chi connectivity index (χ4n) is 4.18. The number of benzene rings is 3. The van der Waals surface area contributed by atoms with Gasteiger partial charge in [0.25, 0.3) is 0 Å². The van der Waals surface area contributed by atoms with Crippen LogP contribution in [0, 0.1) is 30.6 Å². The summed E-state index contributed by atoms with van der Waals surface area (Å²) < 4.78 is 3.76. The number of nitrogens with one attached hydrogen (secondary N) is 1. The van der Waals surface area contributed by atoms with Crippen molar-refractivity contribution in [3.05, 3.63) is 89.2 Å². The minimum absolute atomic E-state index is 0.337. The molecule has 0 atom stereocenters. The number of fused-ring (bicyclic) bond motifs is 3. The van der Waals surface area contributed by atoms with Crippen LogP contribution in [0.2, 0.25) is 0 Å². The van der Waals surface area contributed by atoms with Crippen LogP contribution in [-0.2, 0) is 7.05 Å². The van der Waals surface area contributed by atoms with Gasteiger partial charge in [-0.2, -0.15) is 5.26 Å². The van der Waals surface area contributed by atoms with Crippen LogP contribution >= 0.6 is 0 Å². The van der Waals surface area contributed by atoms with Crippen LogP contribution in [0.25, 0.3) is 38.8 Å². The first-order chi connectivity index (χ1) is 15.0. The topological polar surface area (TPSA) is 70.4 Å². The van der Waals surface area contributed by atoms with Crippen molar-refractivity contribution in [3.8, 4) is 22.9 Å². The lowest BCUT2D eigenvalue weighted by atomic mass is 10.0. The van der Waals surface area contributed by atoms with Crippen molar-refractivity contribution in [1.29, 1.82) is 10.7 Å². The summed E-state index contributed by atoms with van der Waals surface area (Å²) in [6.45, 7) is 4.09. The van der Waals surface area contributed by atoms with E-state index in [4.69, 9.17) is 5.41 Å². The lowest BCUT2D eigenvalue weighted by Crippen LogP contribution is -2.21. The third kappa shape index (κ3) is 2.92. The van der Waals surface area contributed by atoms with Gasteiger partial charge in [0.2, 0.25) is 5.62 Å². The second-order valence-electron chi connectivity index (χ2n) is 7.92. The Morgan fingerprint density at radius 3 is 2.55 bits per heavy atom. The van der Waals surface area contributed by atoms with Gasteiger partial charge in [-0.3, -0.25) is 15.0 Å². The van der Waals surface area contributed by atoms with Crippen LogP contribution in [0.3, 0.4) is 0 Å². The molecule has 5 nitrogen and oxygen atoms in total. The Bertz CT molecular complexity index is 1590. The number of nitriles is 1. The normalized spacial score (nSPS) is 11.2. The van der Waals surface area contributed by atoms with Crippen LogP contribution in [0.1, 0.15) is 16.7 Å². The maximum atomic E-state index is 9.42. The van der Waals surface area contributed by atoms with E-state index in [1.807, 2.05) is 53.6 Å². The van der Waals surface area contributed by atoms with E-state index >= 15 is 0 Å². The van der Waals surface area contributed by atoms with Crippen LogP contribution in [-0.4, -0.2) is 14.1 Å². The minimum Gasteiger partial charge on any atom is -0.312 e. The lowest BCUT2D eigenvalue weighted by Gasteiger charge is -2.11. The highest BCUT2D eigenvalue weighted by molar-refractivity contribution is 6.04. The minimum atomic E-state index is 0.337. The molecule has 5 rings (SSSR count). The summed E-state index contributed by atoms with van der Waals surface area (Å²) in [6, 6.07) is 22.5. The molecule has 5 heteroatoms. The van der Waals surface area contributed by atoms with Crippen LogP contribution in [0.5, 0.6) is 0 Å². The molecule has 150 valence electrons. The quantitative estimate of drug-likeness (QED) is 0.443. The van der Waals surface area contributed by atoms with Crippen molar-refractivity contribution >= 4 is 21.9 Å². The standard InChI is InChI=1S/C26H21N5/c1-16-5-4-6-19(11-16)20-9-10-22-21(13-20)25-24(15-29-22)30(3)26(28)31(25)23-12-18(14-27)8-7-17(23)2/h4-13,15,28H,1-3H3. The van der Waals surface area contributed by atoms with E-state index < -0.39 is 0 Å². The highest BCUT2D eigenvalue weighted by atomic mass is 15.2. The Balaban J connectivity index is 1.91. The molecule has 0 radical (unpaired) electrons. The number of rotatable bonds is 2. The van der Waals surface area contributed by atoms with Crippen molar-refractivity contribution in [1.82, 2.24) is 14.1 Å². The first-order valence-electron chi connectivity index (χ1n) is 10.1. The fourth-order valence-corrected chi connectivity index (χ4v) is 4.18. The molecule has 0 unspecified atom stereocenters. The number of nitrogens with zero attached hydrogens (tertiary/aromatic N) is 4. The van der Waals surface area contributed by atoms with Crippen LogP contribution < -0.4 is 5.62 Å². The largest absolute Gasteiger partial charge is 0.312 e. The molecule has 3 aromatic carbocycles. The maximum absolute atomic E-state index is 9.42. The summed E-state index contributed by atoms with van der Waals surface area (Å²) in [6.07, 6.45) is 1.82. The van der Waals surface area contributed by atoms with Gasteiger partial charge < -0.3 is 4.57 Å². The van der Waals surface area contributed by atoms with E-state index in [2.05, 4.69) is 54.4 Å². The number of hydrogen-bond donors (Lipinski definition) is 1. The summed E-state index contributed by atoms with van der Waals surface area (Å²) >= 11 is 0. The van der Waals surface area contributed by atoms with Gasteiger partial charge in [0.05, 0.1) is 40.1 Å². The van der Waals surface area contributed by atoms with Gasteiger partial charge in [0.1, 0.15) is 0 Å². The number of imidazole rings is 1. The molecule has 2 aromatic heterocycles. The molecule has 0 aliphatic rings. The zero-order chi connectivity index (χ0) is 21.7. The summed E-state index contributed by atoms with van der Waals surface area (Å²) in [5, 5.41) is 19.2. The predicted molar refractivity (Wildman–Crippen MR) is 123 cm³/mol. The number of pyridine rings is 1. The van der Waals surface area contributed by atoms with Gasteiger partial charge in [-0.1, -0.05) is 42.0 Å². The third-order valence-corrected chi connectivity index (χ3v) is 5.87. The third-order valence-electron chi connectivity index (χ3n) is 5.87. The summed E-state index contributed by atoms with van der Waals surface area (Å²) in [5.41, 5.74) is 8.88. The van der Waals surface area contributed by atoms with Crippen LogP contribution in [0.15, 0.2) is 66.9 Å². The van der Waals surface area contributed by atoms with E-state index in [0.717, 1.165) is 44.3 Å². The Kier molecular flexibility index (Phi) is 4.23. The van der Waals surface area contributed by atoms with E-state index in [9.17, 15) is 5.26 Å². The average Bonchev–Trinajstić information content (AvgIpc) is 3.04. The molecule has 31 heavy (non-hydrogen) atoms. The smallest absolute Gasteiger partial charge is 0.207 e. The van der Waals surface area contributed by atoms with Gasteiger partial charge in [0.15, 0.2) is 0 Å². The summed E-state index contributed by atoms with van der Waals surface area (Å²) in [7, 11) is 1.88. The van der Waals surface area contributed by atoms with Crippen molar-refractivity contribution in [2.24, 2.45) is 7.05 Å². The summed E-state index contributed by atoms with van der Waals surface area (Å²) in [5.74, 6) is 0. The highest BCUT2D eigenvalue weighted by Gasteiger charge is 2.16. The van der Waals surface area contributed by atoms with Gasteiger partial charge >= 0.3 is 0 Å². The Labute approximate surface area is 180 Å². The highest BCUT2D eigenvalue weighted by Crippen LogP contribution is 2.30. The second-order valence-corrected chi connectivity index (χ2v) is 7.92. The van der Waals surface area contributed by atoms with Crippen LogP contribution in [0.4, 0.5) is 0 Å². The first-order valence-corrected chi connectivity index (χ1v) is 10.1. The van der Waals surface area contributed by atoms with E-state index in [1.165, 1.54) is 5.56 Å². The predicted octanol–water partition coefficient (Wildman–Crippen LogP) is 5.15. The molecule has 0 fully saturated rings. The number of aryl methyl sites for hydroxylation is 3. The molecule has 5 aromatic rings. The lowest BCUT2D eigenvalue weighted by molar-refractivity contribution is 0.786. The zero-order valence-corrected chi connectivity index (χ0v) is 17.6. The first kappa shape index (κ1) is 18.8. The van der Waals surface area contributed by atoms with Crippen molar-refractivity contribution in [3.63, 3.8) is 0 Å². The molecule has 0 aliphatic carbocycles. The van der Waals surface area contributed by atoms with Gasteiger partial charge in [-0.05, 0) is 54.8 Å². The molecule has 0 amide bonds. The molecule has 0 saturated heterocycles. The fraction of sp³-hybridized carbons (Fsp3) is 0.115. The zero-order valence-electron chi connectivity index (χ0n) is 17.6. The van der Waals surface area contributed by atoms with Gasteiger partial charge in [-0.25, -0.2) is 0 Å². The van der Waals surface area contributed by atoms with Crippen molar-refractivity contribution < 1.29 is 0 Å². The van der Waals surface area contributed by atoms with E-state index in [1.54, 1.807) is 0 Å². The Hall–Kier alpha value is -4.17.